The maximum absolute atomic E-state index is 10.4. The number of hydrazine groups is 1. The van der Waals surface area contributed by atoms with Crippen LogP contribution in [0.25, 0.3) is 0 Å². The van der Waals surface area contributed by atoms with Crippen LogP contribution in [-0.2, 0) is 9.63 Å². The molecule has 0 aliphatic carbocycles. The quantitative estimate of drug-likeness (QED) is 0.343. The number of primary amides is 1. The molecule has 0 unspecified atom stereocenters. The summed E-state index contributed by atoms with van der Waals surface area (Å²) in [5.41, 5.74) is 7.33. The molecule has 8 nitrogen and oxygen atoms in total. The smallest absolute Gasteiger partial charge is 0.301 e. The maximum atomic E-state index is 10.4. The number of nitrogens with zero attached hydrogens (tertiary/aromatic N) is 2. The number of amides is 1. The summed E-state index contributed by atoms with van der Waals surface area (Å²) in [6.07, 6.45) is 0. The Morgan fingerprint density at radius 3 is 3.15 bits per heavy atom. The number of nitrogens with one attached hydrogen (secondary N) is 1. The highest BCUT2D eigenvalue weighted by atomic mass is 32.2. The summed E-state index contributed by atoms with van der Waals surface area (Å²) in [6.45, 7) is -0.0637. The Kier molecular flexibility index (Phi) is 2.93. The second kappa shape index (κ2) is 3.96. The van der Waals surface area contributed by atoms with Gasteiger partial charge in [-0.2, -0.15) is 4.41 Å². The van der Waals surface area contributed by atoms with Gasteiger partial charge in [-0.25, -0.2) is 0 Å². The average molecular weight is 206 g/mol. The van der Waals surface area contributed by atoms with Gasteiger partial charge < -0.3 is 5.73 Å². The molecule has 1 heterocycles. The first kappa shape index (κ1) is 9.61. The van der Waals surface area contributed by atoms with E-state index in [-0.39, 0.29) is 12.4 Å². The summed E-state index contributed by atoms with van der Waals surface area (Å²) in [7, 11) is 0. The molecule has 72 valence electrons. The Morgan fingerprint density at radius 2 is 2.62 bits per heavy atom. The number of carbonyl (C=O) groups is 1. The molecule has 1 aliphatic rings. The van der Waals surface area contributed by atoms with Crippen LogP contribution >= 0.6 is 11.9 Å². The summed E-state index contributed by atoms with van der Waals surface area (Å²) < 4.78 is 1.31. The molecule has 0 spiro atoms. The van der Waals surface area contributed by atoms with E-state index in [1.54, 1.807) is 0 Å². The minimum Gasteiger partial charge on any atom is -0.368 e. The standard InChI is InChI=1S/C4H6N4O4S/c5-3(9)1-7-6-4(2-13-7)12-8(10)11/h2,6H,1H2,(H2,5,9). The monoisotopic (exact) mass is 206 g/mol. The molecule has 9 heteroatoms. The summed E-state index contributed by atoms with van der Waals surface area (Å²) >= 11 is 1.05. The van der Waals surface area contributed by atoms with Gasteiger partial charge in [0.15, 0.2) is 0 Å². The third kappa shape index (κ3) is 3.17. The van der Waals surface area contributed by atoms with Gasteiger partial charge in [-0.05, 0) is 11.9 Å². The molecular formula is C4H6N4O4S. The van der Waals surface area contributed by atoms with Crippen molar-refractivity contribution >= 4 is 17.9 Å². The van der Waals surface area contributed by atoms with E-state index in [0.717, 1.165) is 11.9 Å². The van der Waals surface area contributed by atoms with Crippen LogP contribution in [0.5, 0.6) is 0 Å². The summed E-state index contributed by atoms with van der Waals surface area (Å²) in [5, 5.41) is 10.3. The van der Waals surface area contributed by atoms with Crippen molar-refractivity contribution in [1.82, 2.24) is 9.84 Å². The van der Waals surface area contributed by atoms with Crippen LogP contribution in [-0.4, -0.2) is 22.0 Å². The van der Waals surface area contributed by atoms with Crippen LogP contribution in [0.4, 0.5) is 0 Å². The minimum absolute atomic E-state index is 0.0451. The topological polar surface area (TPSA) is 111 Å². The first-order valence-electron chi connectivity index (χ1n) is 3.09. The van der Waals surface area contributed by atoms with Gasteiger partial charge >= 0.3 is 5.09 Å². The lowest BCUT2D eigenvalue weighted by Gasteiger charge is -2.12. The van der Waals surface area contributed by atoms with E-state index in [1.807, 2.05) is 0 Å². The van der Waals surface area contributed by atoms with Crippen LogP contribution < -0.4 is 11.2 Å². The lowest BCUT2D eigenvalue weighted by atomic mass is 10.6. The molecule has 0 fully saturated rings. The first-order chi connectivity index (χ1) is 6.08. The molecule has 0 aromatic heterocycles. The summed E-state index contributed by atoms with van der Waals surface area (Å²) in [5.74, 6) is -0.591. The van der Waals surface area contributed by atoms with E-state index in [2.05, 4.69) is 10.3 Å². The number of nitrogens with two attached hydrogens (primary N) is 1. The zero-order valence-corrected chi connectivity index (χ0v) is 7.11. The van der Waals surface area contributed by atoms with E-state index in [9.17, 15) is 14.9 Å². The minimum atomic E-state index is -0.951. The molecule has 1 aliphatic heterocycles. The second-order valence-corrected chi connectivity index (χ2v) is 2.90. The Morgan fingerprint density at radius 1 is 1.92 bits per heavy atom. The van der Waals surface area contributed by atoms with Crippen molar-refractivity contribution in [2.45, 2.75) is 0 Å². The lowest BCUT2D eigenvalue weighted by molar-refractivity contribution is -0.744. The molecule has 0 saturated heterocycles. The predicted molar refractivity (Wildman–Crippen MR) is 42.8 cm³/mol. The van der Waals surface area contributed by atoms with Crippen LogP contribution in [0, 0.1) is 10.1 Å². The fraction of sp³-hybridized carbons (Fsp3) is 0.250. The van der Waals surface area contributed by atoms with Gasteiger partial charge in [0.1, 0.15) is 6.54 Å². The number of hydrogen-bond acceptors (Lipinski definition) is 7. The molecule has 0 atom stereocenters. The Hall–Kier alpha value is -1.48. The van der Waals surface area contributed by atoms with Gasteiger partial charge in [0, 0.05) is 5.41 Å². The van der Waals surface area contributed by atoms with Crippen LogP contribution in [0.2, 0.25) is 0 Å². The molecular weight excluding hydrogens is 200 g/mol. The fourth-order valence-corrected chi connectivity index (χ4v) is 1.29. The zero-order valence-electron chi connectivity index (χ0n) is 6.30. The van der Waals surface area contributed by atoms with Gasteiger partial charge in [-0.15, -0.1) is 10.1 Å². The normalized spacial score (nSPS) is 16.2. The Bertz CT molecular complexity index is 267. The molecule has 3 N–H and O–H groups in total. The molecule has 1 amide bonds. The third-order valence-corrected chi connectivity index (χ3v) is 1.79. The predicted octanol–water partition coefficient (Wildman–Crippen LogP) is -1.05. The van der Waals surface area contributed by atoms with Gasteiger partial charge in [0.2, 0.25) is 11.8 Å². The lowest BCUT2D eigenvalue weighted by Crippen LogP contribution is -2.35. The molecule has 0 saturated carbocycles. The van der Waals surface area contributed by atoms with Gasteiger partial charge in [0.05, 0.1) is 0 Å². The zero-order chi connectivity index (χ0) is 9.84. The van der Waals surface area contributed by atoms with E-state index in [0.29, 0.717) is 0 Å². The number of rotatable bonds is 4. The van der Waals surface area contributed by atoms with Gasteiger partial charge in [0.25, 0.3) is 0 Å². The van der Waals surface area contributed by atoms with Gasteiger partial charge in [-0.3, -0.25) is 15.1 Å². The highest BCUT2D eigenvalue weighted by molar-refractivity contribution is 8.00. The molecule has 0 radical (unpaired) electrons. The van der Waals surface area contributed by atoms with Crippen molar-refractivity contribution < 1.29 is 14.7 Å². The molecule has 0 aromatic carbocycles. The van der Waals surface area contributed by atoms with Crippen molar-refractivity contribution in [3.05, 3.63) is 21.4 Å². The van der Waals surface area contributed by atoms with Crippen LogP contribution in [0.15, 0.2) is 11.3 Å². The Labute approximate surface area is 76.9 Å². The van der Waals surface area contributed by atoms with Crippen LogP contribution in [0.3, 0.4) is 0 Å². The second-order valence-electron chi connectivity index (χ2n) is 2.02. The highest BCUT2D eigenvalue weighted by Gasteiger charge is 2.18. The molecule has 0 aromatic rings. The summed E-state index contributed by atoms with van der Waals surface area (Å²) in [6, 6.07) is 0. The number of carbonyl (C=O) groups excluding carboxylic acids is 1. The molecule has 1 rings (SSSR count). The van der Waals surface area contributed by atoms with Crippen molar-refractivity contribution in [3.8, 4) is 0 Å². The maximum Gasteiger partial charge on any atom is 0.301 e. The Balaban J connectivity index is 2.33. The fourth-order valence-electron chi connectivity index (χ4n) is 0.628. The van der Waals surface area contributed by atoms with Crippen molar-refractivity contribution in [1.29, 1.82) is 0 Å². The first-order valence-corrected chi connectivity index (χ1v) is 3.93. The van der Waals surface area contributed by atoms with E-state index < -0.39 is 11.0 Å². The molecule has 13 heavy (non-hydrogen) atoms. The largest absolute Gasteiger partial charge is 0.368 e. The molecule has 0 bridgehead atoms. The third-order valence-electron chi connectivity index (χ3n) is 0.994. The van der Waals surface area contributed by atoms with Crippen molar-refractivity contribution in [2.75, 3.05) is 6.54 Å². The van der Waals surface area contributed by atoms with Gasteiger partial charge in [-0.1, -0.05) is 0 Å². The summed E-state index contributed by atoms with van der Waals surface area (Å²) in [4.78, 5) is 24.4. The highest BCUT2D eigenvalue weighted by Crippen LogP contribution is 2.18. The van der Waals surface area contributed by atoms with Crippen molar-refractivity contribution in [3.63, 3.8) is 0 Å². The van der Waals surface area contributed by atoms with Crippen LogP contribution in [0.1, 0.15) is 0 Å². The van der Waals surface area contributed by atoms with E-state index in [1.165, 1.54) is 9.82 Å². The van der Waals surface area contributed by atoms with E-state index >= 15 is 0 Å². The van der Waals surface area contributed by atoms with E-state index in [4.69, 9.17) is 5.73 Å². The SMILES string of the molecule is NC(=O)CN1NC(O[N+](=O)[O-])=CS1. The average Bonchev–Trinajstić information content (AvgIpc) is 2.33. The number of hydrogen-bond donors (Lipinski definition) is 2. The van der Waals surface area contributed by atoms with Crippen molar-refractivity contribution in [2.24, 2.45) is 5.73 Å².